The maximum Gasteiger partial charge on any atom is 0.270 e. The lowest BCUT2D eigenvalue weighted by Crippen LogP contribution is -2.09. The summed E-state index contributed by atoms with van der Waals surface area (Å²) in [4.78, 5) is 18.9. The van der Waals surface area contributed by atoms with E-state index >= 15 is 0 Å². The molecule has 0 spiro atoms. The van der Waals surface area contributed by atoms with E-state index in [1.807, 2.05) is 0 Å². The average molecular weight is 338 g/mol. The SMILES string of the molecule is O=[N+]([O-])c1ccc2c(c1)C(c1ccccc1F)=NC(O)c1nccn1-2. The number of aromatic nitrogens is 2. The van der Waals surface area contributed by atoms with Crippen molar-refractivity contribution in [2.75, 3.05) is 0 Å². The van der Waals surface area contributed by atoms with Crippen LogP contribution in [0.2, 0.25) is 0 Å². The van der Waals surface area contributed by atoms with Crippen LogP contribution in [0.1, 0.15) is 23.2 Å². The van der Waals surface area contributed by atoms with Crippen LogP contribution in [0.3, 0.4) is 0 Å². The number of rotatable bonds is 2. The Morgan fingerprint density at radius 3 is 2.76 bits per heavy atom. The zero-order valence-corrected chi connectivity index (χ0v) is 12.7. The fraction of sp³-hybridized carbons (Fsp3) is 0.0588. The lowest BCUT2D eigenvalue weighted by molar-refractivity contribution is -0.384. The highest BCUT2D eigenvalue weighted by Crippen LogP contribution is 2.31. The van der Waals surface area contributed by atoms with Crippen LogP contribution >= 0.6 is 0 Å². The van der Waals surface area contributed by atoms with Crippen LogP contribution in [-0.2, 0) is 0 Å². The van der Waals surface area contributed by atoms with Gasteiger partial charge >= 0.3 is 0 Å². The number of aliphatic hydroxyl groups is 1. The number of nitro benzene ring substituents is 1. The zero-order valence-electron chi connectivity index (χ0n) is 12.7. The Morgan fingerprint density at radius 1 is 1.20 bits per heavy atom. The van der Waals surface area contributed by atoms with Gasteiger partial charge in [-0.3, -0.25) is 14.7 Å². The summed E-state index contributed by atoms with van der Waals surface area (Å²) in [6, 6.07) is 10.1. The molecule has 1 atom stereocenters. The lowest BCUT2D eigenvalue weighted by Gasteiger charge is -2.11. The van der Waals surface area contributed by atoms with Crippen LogP contribution < -0.4 is 0 Å². The summed E-state index contributed by atoms with van der Waals surface area (Å²) in [6.07, 6.45) is 1.78. The van der Waals surface area contributed by atoms with Gasteiger partial charge in [0.2, 0.25) is 6.23 Å². The largest absolute Gasteiger partial charge is 0.365 e. The molecule has 1 unspecified atom stereocenters. The van der Waals surface area contributed by atoms with Crippen LogP contribution in [0.25, 0.3) is 5.69 Å². The summed E-state index contributed by atoms with van der Waals surface area (Å²) < 4.78 is 15.9. The van der Waals surface area contributed by atoms with E-state index in [9.17, 15) is 19.6 Å². The van der Waals surface area contributed by atoms with Crippen molar-refractivity contribution < 1.29 is 14.4 Å². The van der Waals surface area contributed by atoms with Crippen LogP contribution in [0.15, 0.2) is 59.9 Å². The molecule has 0 radical (unpaired) electrons. The number of benzene rings is 2. The number of imidazole rings is 1. The maximum atomic E-state index is 14.3. The van der Waals surface area contributed by atoms with E-state index in [1.54, 1.807) is 16.8 Å². The number of aliphatic hydroxyl groups excluding tert-OH is 1. The molecule has 7 nitrogen and oxygen atoms in total. The maximum absolute atomic E-state index is 14.3. The molecule has 8 heteroatoms. The first kappa shape index (κ1) is 15.2. The molecule has 1 aromatic heterocycles. The van der Waals surface area contributed by atoms with Gasteiger partial charge in [-0.1, -0.05) is 12.1 Å². The minimum atomic E-state index is -1.32. The van der Waals surface area contributed by atoms with Gasteiger partial charge in [0.25, 0.3) is 5.69 Å². The van der Waals surface area contributed by atoms with Crippen molar-refractivity contribution in [3.05, 3.63) is 87.7 Å². The van der Waals surface area contributed by atoms with Gasteiger partial charge in [0.05, 0.1) is 16.3 Å². The number of nitrogens with zero attached hydrogens (tertiary/aromatic N) is 4. The monoisotopic (exact) mass is 338 g/mol. The Morgan fingerprint density at radius 2 is 2.00 bits per heavy atom. The third-order valence-electron chi connectivity index (χ3n) is 3.99. The van der Waals surface area contributed by atoms with Gasteiger partial charge < -0.3 is 5.11 Å². The molecule has 0 saturated heterocycles. The average Bonchev–Trinajstić information content (AvgIpc) is 3.05. The Bertz CT molecular complexity index is 1030. The van der Waals surface area contributed by atoms with Gasteiger partial charge in [-0.25, -0.2) is 14.4 Å². The van der Waals surface area contributed by atoms with Gasteiger partial charge in [0, 0.05) is 35.7 Å². The molecule has 124 valence electrons. The Kier molecular flexibility index (Phi) is 3.40. The molecule has 2 heterocycles. The van der Waals surface area contributed by atoms with Gasteiger partial charge in [0.15, 0.2) is 5.82 Å². The summed E-state index contributed by atoms with van der Waals surface area (Å²) in [5.74, 6) is -0.285. The number of hydrogen-bond donors (Lipinski definition) is 1. The van der Waals surface area contributed by atoms with Gasteiger partial charge in [0.1, 0.15) is 5.82 Å². The predicted molar refractivity (Wildman–Crippen MR) is 87.2 cm³/mol. The normalized spacial score (nSPS) is 15.8. The van der Waals surface area contributed by atoms with Gasteiger partial charge in [-0.05, 0) is 18.2 Å². The van der Waals surface area contributed by atoms with E-state index in [0.29, 0.717) is 11.3 Å². The molecule has 0 fully saturated rings. The minimum absolute atomic E-state index is 0.134. The van der Waals surface area contributed by atoms with Gasteiger partial charge in [-0.2, -0.15) is 0 Å². The lowest BCUT2D eigenvalue weighted by atomic mass is 9.99. The molecule has 0 saturated carbocycles. The third kappa shape index (κ3) is 2.39. The molecule has 25 heavy (non-hydrogen) atoms. The number of non-ortho nitro benzene ring substituents is 1. The molecular formula is C17H11FN4O3. The molecular weight excluding hydrogens is 327 g/mol. The quantitative estimate of drug-likeness (QED) is 0.574. The van der Waals surface area contributed by atoms with Crippen molar-refractivity contribution in [2.45, 2.75) is 6.23 Å². The third-order valence-corrected chi connectivity index (χ3v) is 3.99. The van der Waals surface area contributed by atoms with Crippen molar-refractivity contribution in [3.63, 3.8) is 0 Å². The molecule has 0 bridgehead atoms. The van der Waals surface area contributed by atoms with Crippen molar-refractivity contribution in [2.24, 2.45) is 4.99 Å². The number of nitro groups is 1. The zero-order chi connectivity index (χ0) is 17.6. The Hall–Kier alpha value is -3.39. The first-order valence-corrected chi connectivity index (χ1v) is 7.39. The van der Waals surface area contributed by atoms with Crippen LogP contribution in [-0.4, -0.2) is 25.3 Å². The number of aliphatic imine (C=N–C) groups is 1. The molecule has 1 aliphatic heterocycles. The summed E-state index contributed by atoms with van der Waals surface area (Å²) in [5.41, 5.74) is 0.997. The van der Waals surface area contributed by atoms with Crippen LogP contribution in [0.5, 0.6) is 0 Å². The van der Waals surface area contributed by atoms with E-state index in [1.165, 1.54) is 42.6 Å². The van der Waals surface area contributed by atoms with E-state index in [0.717, 1.165) is 0 Å². The highest BCUT2D eigenvalue weighted by atomic mass is 19.1. The summed E-state index contributed by atoms with van der Waals surface area (Å²) in [7, 11) is 0. The minimum Gasteiger partial charge on any atom is -0.365 e. The second-order valence-electron chi connectivity index (χ2n) is 5.45. The Labute approximate surface area is 140 Å². The number of fused-ring (bicyclic) bond motifs is 3. The Balaban J connectivity index is 2.05. The fourth-order valence-electron chi connectivity index (χ4n) is 2.86. The highest BCUT2D eigenvalue weighted by Gasteiger charge is 2.27. The van der Waals surface area contributed by atoms with Crippen LogP contribution in [0.4, 0.5) is 10.1 Å². The van der Waals surface area contributed by atoms with Gasteiger partial charge in [-0.15, -0.1) is 0 Å². The number of halogens is 1. The highest BCUT2D eigenvalue weighted by molar-refractivity contribution is 6.15. The van der Waals surface area contributed by atoms with E-state index < -0.39 is 17.0 Å². The molecule has 1 aliphatic rings. The fourth-order valence-corrected chi connectivity index (χ4v) is 2.86. The first-order valence-electron chi connectivity index (χ1n) is 7.39. The summed E-state index contributed by atoms with van der Waals surface area (Å²) >= 11 is 0. The molecule has 1 N–H and O–H groups in total. The van der Waals surface area contributed by atoms with Crippen molar-refractivity contribution >= 4 is 11.4 Å². The second-order valence-corrected chi connectivity index (χ2v) is 5.45. The first-order chi connectivity index (χ1) is 12.1. The van der Waals surface area contributed by atoms with Crippen molar-refractivity contribution in [1.82, 2.24) is 9.55 Å². The standard InChI is InChI=1S/C17H11FN4O3/c18-13-4-2-1-3-11(13)15-12-9-10(22(24)25)5-6-14(12)21-8-7-19-16(21)17(23)20-15/h1-9,17,23H. The van der Waals surface area contributed by atoms with Crippen molar-refractivity contribution in [1.29, 1.82) is 0 Å². The second kappa shape index (κ2) is 5.60. The molecule has 0 aliphatic carbocycles. The topological polar surface area (TPSA) is 93.6 Å². The summed E-state index contributed by atoms with van der Waals surface area (Å²) in [6.45, 7) is 0. The molecule has 2 aromatic carbocycles. The van der Waals surface area contributed by atoms with E-state index in [2.05, 4.69) is 9.98 Å². The summed E-state index contributed by atoms with van der Waals surface area (Å²) in [5, 5.41) is 21.5. The smallest absolute Gasteiger partial charge is 0.270 e. The molecule has 0 amide bonds. The van der Waals surface area contributed by atoms with E-state index in [4.69, 9.17) is 0 Å². The van der Waals surface area contributed by atoms with Crippen molar-refractivity contribution in [3.8, 4) is 5.69 Å². The molecule has 4 rings (SSSR count). The molecule has 3 aromatic rings. The van der Waals surface area contributed by atoms with Crippen LogP contribution in [0, 0.1) is 15.9 Å². The predicted octanol–water partition coefficient (Wildman–Crippen LogP) is 2.76. The number of hydrogen-bond acceptors (Lipinski definition) is 5. The van der Waals surface area contributed by atoms with E-state index in [-0.39, 0.29) is 22.8 Å².